The van der Waals surface area contributed by atoms with Crippen LogP contribution in [-0.4, -0.2) is 35.7 Å². The molecule has 0 bridgehead atoms. The van der Waals surface area contributed by atoms with Crippen LogP contribution in [0.5, 0.6) is 0 Å². The monoisotopic (exact) mass is 366 g/mol. The van der Waals surface area contributed by atoms with Crippen LogP contribution < -0.4 is 10.6 Å². The second kappa shape index (κ2) is 9.46. The van der Waals surface area contributed by atoms with Crippen molar-refractivity contribution in [2.45, 2.75) is 44.6 Å². The van der Waals surface area contributed by atoms with E-state index < -0.39 is 17.9 Å². The molecule has 0 aliphatic heterocycles. The van der Waals surface area contributed by atoms with Gasteiger partial charge in [0.25, 0.3) is 0 Å². The average molecular weight is 366 g/mol. The van der Waals surface area contributed by atoms with E-state index in [1.165, 1.54) is 0 Å². The summed E-state index contributed by atoms with van der Waals surface area (Å²) < 4.78 is 0. The molecule has 25 heavy (non-hydrogen) atoms. The van der Waals surface area contributed by atoms with Crippen LogP contribution in [0.2, 0.25) is 0 Å². The van der Waals surface area contributed by atoms with E-state index in [1.54, 1.807) is 23.9 Å². The van der Waals surface area contributed by atoms with Crippen molar-refractivity contribution in [1.82, 2.24) is 10.6 Å². The van der Waals surface area contributed by atoms with E-state index in [4.69, 9.17) is 5.11 Å². The van der Waals surface area contributed by atoms with Crippen molar-refractivity contribution < 1.29 is 19.5 Å². The Morgan fingerprint density at radius 3 is 2.20 bits per heavy atom. The van der Waals surface area contributed by atoms with E-state index >= 15 is 0 Å². The molecule has 0 fully saturated rings. The predicted octanol–water partition coefficient (Wildman–Crippen LogP) is 2.59. The smallest absolute Gasteiger partial charge is 0.305 e. The van der Waals surface area contributed by atoms with Crippen molar-refractivity contribution >= 4 is 29.5 Å². The van der Waals surface area contributed by atoms with Crippen molar-refractivity contribution in [3.63, 3.8) is 0 Å². The number of hydrogen-bond acceptors (Lipinski definition) is 4. The second-order valence-electron chi connectivity index (χ2n) is 7.01. The zero-order valence-electron chi connectivity index (χ0n) is 15.1. The van der Waals surface area contributed by atoms with Crippen LogP contribution in [0.25, 0.3) is 0 Å². The molecule has 0 aliphatic carbocycles. The van der Waals surface area contributed by atoms with Gasteiger partial charge < -0.3 is 15.7 Å². The molecule has 1 aromatic carbocycles. The molecule has 1 atom stereocenters. The number of amides is 2. The number of rotatable bonds is 8. The Labute approximate surface area is 152 Å². The summed E-state index contributed by atoms with van der Waals surface area (Å²) in [4.78, 5) is 36.0. The zero-order chi connectivity index (χ0) is 19.0. The van der Waals surface area contributed by atoms with Gasteiger partial charge in [0.1, 0.15) is 0 Å². The van der Waals surface area contributed by atoms with Crippen molar-refractivity contribution in [1.29, 1.82) is 0 Å². The van der Waals surface area contributed by atoms with Gasteiger partial charge in [0.2, 0.25) is 11.8 Å². The summed E-state index contributed by atoms with van der Waals surface area (Å²) in [5, 5.41) is 14.3. The quantitative estimate of drug-likeness (QED) is 0.615. The normalized spacial score (nSPS) is 12.3. The number of carboxylic acid groups (broad SMARTS) is 1. The fourth-order valence-corrected chi connectivity index (χ4v) is 2.64. The first-order chi connectivity index (χ1) is 11.6. The predicted molar refractivity (Wildman–Crippen MR) is 98.4 cm³/mol. The number of carbonyl (C=O) groups is 3. The number of nitrogens with one attached hydrogen (secondary N) is 2. The Kier molecular flexibility index (Phi) is 7.96. The third-order valence-electron chi connectivity index (χ3n) is 3.37. The minimum atomic E-state index is -1.00. The van der Waals surface area contributed by atoms with Gasteiger partial charge in [-0.2, -0.15) is 0 Å². The first-order valence-electron chi connectivity index (χ1n) is 8.02. The second-order valence-corrected chi connectivity index (χ2v) is 7.88. The molecule has 1 unspecified atom stereocenters. The highest BCUT2D eigenvalue weighted by Gasteiger charge is 2.20. The number of carboxylic acids is 1. The fourth-order valence-electron chi connectivity index (χ4n) is 2.23. The molecule has 138 valence electrons. The number of thioether (sulfide) groups is 1. The number of aliphatic carboxylic acids is 1. The van der Waals surface area contributed by atoms with E-state index in [-0.39, 0.29) is 24.3 Å². The molecule has 0 aliphatic rings. The SMILES string of the molecule is CSc1ccc(C(CC(=O)O)NC(=O)CNC(=O)CC(C)(C)C)cc1. The highest BCUT2D eigenvalue weighted by Crippen LogP contribution is 2.21. The van der Waals surface area contributed by atoms with Crippen LogP contribution in [-0.2, 0) is 14.4 Å². The third kappa shape index (κ3) is 8.58. The standard InChI is InChI=1S/C18H26N2O4S/c1-18(2,3)10-15(21)19-11-16(22)20-14(9-17(23)24)12-5-7-13(25-4)8-6-12/h5-8,14H,9-11H2,1-4H3,(H,19,21)(H,20,22)(H,23,24). The maximum Gasteiger partial charge on any atom is 0.305 e. The number of benzene rings is 1. The summed E-state index contributed by atoms with van der Waals surface area (Å²) in [6, 6.07) is 6.73. The highest BCUT2D eigenvalue weighted by atomic mass is 32.2. The van der Waals surface area contributed by atoms with Gasteiger partial charge in [0.15, 0.2) is 0 Å². The molecule has 1 rings (SSSR count). The zero-order valence-corrected chi connectivity index (χ0v) is 15.9. The van der Waals surface area contributed by atoms with E-state index in [0.717, 1.165) is 10.5 Å². The number of hydrogen-bond donors (Lipinski definition) is 3. The van der Waals surface area contributed by atoms with E-state index in [0.29, 0.717) is 6.42 Å². The highest BCUT2D eigenvalue weighted by molar-refractivity contribution is 7.98. The molecular weight excluding hydrogens is 340 g/mol. The summed E-state index contributed by atoms with van der Waals surface area (Å²) in [6.45, 7) is 5.64. The van der Waals surface area contributed by atoms with Crippen molar-refractivity contribution in [2.75, 3.05) is 12.8 Å². The summed E-state index contributed by atoms with van der Waals surface area (Å²) in [6.07, 6.45) is 2.04. The van der Waals surface area contributed by atoms with Gasteiger partial charge in [0, 0.05) is 11.3 Å². The molecule has 0 saturated carbocycles. The van der Waals surface area contributed by atoms with Crippen LogP contribution in [0.3, 0.4) is 0 Å². The third-order valence-corrected chi connectivity index (χ3v) is 4.11. The maximum absolute atomic E-state index is 12.1. The van der Waals surface area contributed by atoms with Crippen LogP contribution in [0.4, 0.5) is 0 Å². The molecule has 1 aromatic rings. The lowest BCUT2D eigenvalue weighted by Gasteiger charge is -2.19. The first kappa shape index (κ1) is 21.0. The van der Waals surface area contributed by atoms with Gasteiger partial charge >= 0.3 is 5.97 Å². The lowest BCUT2D eigenvalue weighted by molar-refractivity contribution is -0.138. The van der Waals surface area contributed by atoms with Gasteiger partial charge in [0.05, 0.1) is 19.0 Å². The number of carbonyl (C=O) groups excluding carboxylic acids is 2. The average Bonchev–Trinajstić information content (AvgIpc) is 2.50. The Balaban J connectivity index is 2.66. The first-order valence-corrected chi connectivity index (χ1v) is 9.25. The summed E-state index contributed by atoms with van der Waals surface area (Å²) in [5.41, 5.74) is 0.556. The molecule has 2 amide bonds. The fraction of sp³-hybridized carbons (Fsp3) is 0.500. The van der Waals surface area contributed by atoms with Crippen molar-refractivity contribution in [3.05, 3.63) is 29.8 Å². The van der Waals surface area contributed by atoms with Crippen molar-refractivity contribution in [2.24, 2.45) is 5.41 Å². The van der Waals surface area contributed by atoms with Crippen LogP contribution in [0.1, 0.15) is 45.2 Å². The largest absolute Gasteiger partial charge is 0.481 e. The van der Waals surface area contributed by atoms with Crippen LogP contribution in [0, 0.1) is 5.41 Å². The Bertz CT molecular complexity index is 608. The van der Waals surface area contributed by atoms with Gasteiger partial charge in [-0.3, -0.25) is 14.4 Å². The van der Waals surface area contributed by atoms with Crippen LogP contribution >= 0.6 is 11.8 Å². The van der Waals surface area contributed by atoms with E-state index in [9.17, 15) is 14.4 Å². The molecule has 0 aromatic heterocycles. The molecule has 7 heteroatoms. The Morgan fingerprint density at radius 2 is 1.72 bits per heavy atom. The molecule has 0 saturated heterocycles. The Hall–Kier alpha value is -2.02. The minimum Gasteiger partial charge on any atom is -0.481 e. The maximum atomic E-state index is 12.1. The molecule has 0 radical (unpaired) electrons. The van der Waals surface area contributed by atoms with Crippen LogP contribution in [0.15, 0.2) is 29.2 Å². The summed E-state index contributed by atoms with van der Waals surface area (Å²) in [5.74, 6) is -1.62. The lowest BCUT2D eigenvalue weighted by atomic mass is 9.92. The topological polar surface area (TPSA) is 95.5 Å². The lowest BCUT2D eigenvalue weighted by Crippen LogP contribution is -2.40. The molecule has 6 nitrogen and oxygen atoms in total. The van der Waals surface area contributed by atoms with Gasteiger partial charge in [-0.25, -0.2) is 0 Å². The molecule has 3 N–H and O–H groups in total. The van der Waals surface area contributed by atoms with E-state index in [2.05, 4.69) is 10.6 Å². The molecule has 0 spiro atoms. The molecular formula is C18H26N2O4S. The van der Waals surface area contributed by atoms with Gasteiger partial charge in [-0.1, -0.05) is 32.9 Å². The Morgan fingerprint density at radius 1 is 1.12 bits per heavy atom. The molecule has 0 heterocycles. The van der Waals surface area contributed by atoms with Gasteiger partial charge in [-0.05, 0) is 29.4 Å². The van der Waals surface area contributed by atoms with Gasteiger partial charge in [-0.15, -0.1) is 11.8 Å². The van der Waals surface area contributed by atoms with E-state index in [1.807, 2.05) is 39.2 Å². The summed E-state index contributed by atoms with van der Waals surface area (Å²) >= 11 is 1.58. The minimum absolute atomic E-state index is 0.161. The van der Waals surface area contributed by atoms with Crippen molar-refractivity contribution in [3.8, 4) is 0 Å². The summed E-state index contributed by atoms with van der Waals surface area (Å²) in [7, 11) is 0.